The van der Waals surface area contributed by atoms with Crippen LogP contribution < -0.4 is 0 Å². The molecule has 0 amide bonds. The molecular weight excluding hydrogens is 580 g/mol. The van der Waals surface area contributed by atoms with Crippen molar-refractivity contribution in [2.24, 2.45) is 0 Å². The third-order valence-corrected chi connectivity index (χ3v) is 3.60. The van der Waals surface area contributed by atoms with Crippen LogP contribution in [0.4, 0.5) is 4.39 Å². The van der Waals surface area contributed by atoms with Crippen LogP contribution in [0, 0.1) is 26.4 Å². The fourth-order valence-corrected chi connectivity index (χ4v) is 2.36. The van der Waals surface area contributed by atoms with Crippen LogP contribution in [0.25, 0.3) is 10.9 Å². The van der Waals surface area contributed by atoms with E-state index in [1.807, 2.05) is 0 Å². The predicted molar refractivity (Wildman–Crippen MR) is 90.0 cm³/mol. The number of rotatable bonds is 4. The number of halogens is 1. The van der Waals surface area contributed by atoms with Gasteiger partial charge in [-0.25, -0.2) is 4.39 Å². The number of hydrogen-bond donors (Lipinski definition) is 1. The molecule has 2 heterocycles. The Bertz CT molecular complexity index is 906. The minimum Gasteiger partial charge on any atom is -0.523 e. The fourth-order valence-electron chi connectivity index (χ4n) is 2.36. The van der Waals surface area contributed by atoms with Crippen LogP contribution in [-0.2, 0) is 60.2 Å². The quantitative estimate of drug-likeness (QED) is 0.369. The number of ketones is 1. The Morgan fingerprint density at radius 2 is 2.04 bits per heavy atom. The van der Waals surface area contributed by atoms with Crippen LogP contribution in [0.1, 0.15) is 28.0 Å². The van der Waals surface area contributed by atoms with Crippen LogP contribution in [-0.4, -0.2) is 20.9 Å². The molecule has 0 aliphatic carbocycles. The van der Waals surface area contributed by atoms with Crippen molar-refractivity contribution in [3.63, 3.8) is 0 Å². The minimum atomic E-state index is -0.361. The number of hydrogen-bond acceptors (Lipinski definition) is 4. The first-order valence-electron chi connectivity index (χ1n) is 7.05. The maximum atomic E-state index is 13.1. The number of pyridine rings is 2. The van der Waals surface area contributed by atoms with E-state index in [0.717, 1.165) is 5.56 Å². The average Bonchev–Trinajstić information content (AvgIpc) is 2.54. The smallest absolute Gasteiger partial charge is 0.142 e. The fraction of sp³-hybridized carbons (Fsp3) is 0.105. The SMILES string of the molecule is [CH2-]c1cc(F)ccc1CCC(=O)c1n[c-]c2cccnc2c1O.[CH3-].[W].[Y]. The molecule has 26 heavy (non-hydrogen) atoms. The molecule has 1 aromatic carbocycles. The van der Waals surface area contributed by atoms with E-state index >= 15 is 0 Å². The number of carbonyl (C=O) groups excluding carboxylic acids is 1. The molecule has 4 nitrogen and oxygen atoms in total. The molecule has 133 valence electrons. The van der Waals surface area contributed by atoms with Crippen molar-refractivity contribution in [1.82, 2.24) is 9.97 Å². The van der Waals surface area contributed by atoms with Crippen LogP contribution in [0.3, 0.4) is 0 Å². The molecule has 0 spiro atoms. The molecule has 0 saturated heterocycles. The Labute approximate surface area is 191 Å². The van der Waals surface area contributed by atoms with E-state index in [0.29, 0.717) is 22.9 Å². The van der Waals surface area contributed by atoms with Crippen molar-refractivity contribution in [2.75, 3.05) is 0 Å². The summed E-state index contributed by atoms with van der Waals surface area (Å²) in [6, 6.07) is 7.66. The summed E-state index contributed by atoms with van der Waals surface area (Å²) in [7, 11) is 0. The molecule has 1 N–H and O–H groups in total. The number of Topliss-reactive ketones (excluding diaryl/α,β-unsaturated/α-hetero) is 1. The largest absolute Gasteiger partial charge is 0.523 e. The van der Waals surface area contributed by atoms with Crippen LogP contribution >= 0.6 is 0 Å². The standard InChI is InChI=1S/C18H13FN2O2.CH3.W.Y/c1-11-9-14(19)6-4-12(11)5-7-15(22)17-18(23)16-13(10-21-17)3-2-8-20-16;;;/h2-4,6,8-9,23H,1,5,7H2;1H3;;/q-2;-1;;. The second kappa shape index (κ2) is 10.9. The first-order chi connectivity index (χ1) is 11.1. The van der Waals surface area contributed by atoms with Crippen molar-refractivity contribution in [2.45, 2.75) is 12.8 Å². The minimum absolute atomic E-state index is 0. The van der Waals surface area contributed by atoms with Gasteiger partial charge in [0, 0.05) is 65.5 Å². The van der Waals surface area contributed by atoms with Gasteiger partial charge in [0.1, 0.15) is 5.78 Å². The van der Waals surface area contributed by atoms with Gasteiger partial charge in [-0.05, 0) is 12.6 Å². The van der Waals surface area contributed by atoms with Crippen molar-refractivity contribution in [3.8, 4) is 5.75 Å². The summed E-state index contributed by atoms with van der Waals surface area (Å²) < 4.78 is 13.1. The molecule has 0 atom stereocenters. The van der Waals surface area contributed by atoms with Gasteiger partial charge in [-0.15, -0.1) is 29.1 Å². The van der Waals surface area contributed by atoms with Gasteiger partial charge in [-0.1, -0.05) is 18.6 Å². The molecule has 7 heteroatoms. The molecule has 3 aromatic rings. The van der Waals surface area contributed by atoms with E-state index in [4.69, 9.17) is 0 Å². The van der Waals surface area contributed by atoms with E-state index in [2.05, 4.69) is 23.1 Å². The van der Waals surface area contributed by atoms with Gasteiger partial charge >= 0.3 is 0 Å². The van der Waals surface area contributed by atoms with Crippen molar-refractivity contribution >= 4 is 16.7 Å². The summed E-state index contributed by atoms with van der Waals surface area (Å²) >= 11 is 0. The van der Waals surface area contributed by atoms with Crippen molar-refractivity contribution in [3.05, 3.63) is 79.7 Å². The molecule has 0 unspecified atom stereocenters. The number of nitrogens with zero attached hydrogens (tertiary/aromatic N) is 2. The molecule has 0 fully saturated rings. The van der Waals surface area contributed by atoms with E-state index < -0.39 is 0 Å². The Balaban J connectivity index is 0.00000208. The topological polar surface area (TPSA) is 63.1 Å². The summed E-state index contributed by atoms with van der Waals surface area (Å²) in [4.78, 5) is 20.3. The number of aromatic hydroxyl groups is 1. The molecular formula is C19H16FN2O2WY-3. The van der Waals surface area contributed by atoms with Crippen LogP contribution in [0.5, 0.6) is 5.75 Å². The third-order valence-electron chi connectivity index (χ3n) is 3.60. The van der Waals surface area contributed by atoms with Gasteiger partial charge in [0.15, 0.2) is 0 Å². The third kappa shape index (κ3) is 5.42. The molecule has 2 aromatic heterocycles. The Kier molecular flexibility index (Phi) is 10.4. The van der Waals surface area contributed by atoms with Crippen LogP contribution in [0.2, 0.25) is 0 Å². The zero-order valence-electron chi connectivity index (χ0n) is 14.2. The monoisotopic (exact) mass is 596 g/mol. The zero-order chi connectivity index (χ0) is 16.4. The number of aromatic nitrogens is 2. The summed E-state index contributed by atoms with van der Waals surface area (Å²) in [6.07, 6.45) is 4.74. The van der Waals surface area contributed by atoms with Gasteiger partial charge < -0.3 is 27.3 Å². The molecule has 0 saturated carbocycles. The van der Waals surface area contributed by atoms with Gasteiger partial charge in [-0.2, -0.15) is 12.5 Å². The molecule has 1 radical (unpaired) electrons. The van der Waals surface area contributed by atoms with E-state index in [9.17, 15) is 14.3 Å². The zero-order valence-corrected chi connectivity index (χ0v) is 20.0. The van der Waals surface area contributed by atoms with Gasteiger partial charge in [-0.3, -0.25) is 0 Å². The average molecular weight is 596 g/mol. The number of benzene rings is 1. The molecule has 3 rings (SSSR count). The molecule has 0 bridgehead atoms. The Morgan fingerprint density at radius 1 is 1.31 bits per heavy atom. The van der Waals surface area contributed by atoms with Crippen LogP contribution in [0.15, 0.2) is 36.5 Å². The Morgan fingerprint density at radius 3 is 2.73 bits per heavy atom. The Hall–Kier alpha value is -1.16. The second-order valence-electron chi connectivity index (χ2n) is 5.16. The van der Waals surface area contributed by atoms with Gasteiger partial charge in [0.05, 0.1) is 17.3 Å². The number of aryl methyl sites for hydroxylation is 1. The molecule has 0 aliphatic rings. The van der Waals surface area contributed by atoms with Gasteiger partial charge in [0.2, 0.25) is 0 Å². The maximum Gasteiger partial charge on any atom is 0.142 e. The normalized spacial score (nSPS) is 9.58. The second-order valence-corrected chi connectivity index (χ2v) is 5.16. The van der Waals surface area contributed by atoms with E-state index in [1.165, 1.54) is 18.3 Å². The first kappa shape index (κ1) is 24.8. The summed E-state index contributed by atoms with van der Waals surface area (Å²) in [5.74, 6) is -0.923. The first-order valence-corrected chi connectivity index (χ1v) is 7.05. The summed E-state index contributed by atoms with van der Waals surface area (Å²) in [5.41, 5.74) is 1.57. The maximum absolute atomic E-state index is 13.1. The van der Waals surface area contributed by atoms with E-state index in [-0.39, 0.29) is 90.7 Å². The van der Waals surface area contributed by atoms with E-state index in [1.54, 1.807) is 18.2 Å². The summed E-state index contributed by atoms with van der Waals surface area (Å²) in [6.45, 7) is 3.76. The summed E-state index contributed by atoms with van der Waals surface area (Å²) in [5, 5.41) is 10.7. The number of carbonyl (C=O) groups is 1. The number of fused-ring (bicyclic) bond motifs is 1. The predicted octanol–water partition coefficient (Wildman–Crippen LogP) is 3.72. The van der Waals surface area contributed by atoms with Crippen molar-refractivity contribution in [1.29, 1.82) is 0 Å². The van der Waals surface area contributed by atoms with Gasteiger partial charge in [0.25, 0.3) is 0 Å². The van der Waals surface area contributed by atoms with Crippen molar-refractivity contribution < 1.29 is 68.1 Å². The molecule has 0 aliphatic heterocycles.